The molecule has 2 aromatic rings. The normalized spacial score (nSPS) is 9.85. The number of nitrogens with zero attached hydrogens (tertiary/aromatic N) is 1. The Morgan fingerprint density at radius 2 is 2.25 bits per heavy atom. The molecule has 0 bridgehead atoms. The molecule has 1 heterocycles. The summed E-state index contributed by atoms with van der Waals surface area (Å²) in [4.78, 5) is 11.2. The minimum atomic E-state index is -0.516. The Morgan fingerprint density at radius 3 is 2.95 bits per heavy atom. The number of halogens is 1. The first-order chi connectivity index (χ1) is 9.63. The number of nitriles is 1. The van der Waals surface area contributed by atoms with Crippen LogP contribution in [0.25, 0.3) is 0 Å². The van der Waals surface area contributed by atoms with Gasteiger partial charge in [-0.25, -0.2) is 5.84 Å². The molecule has 102 valence electrons. The highest BCUT2D eigenvalue weighted by Crippen LogP contribution is 2.23. The Kier molecular flexibility index (Phi) is 4.40. The van der Waals surface area contributed by atoms with Crippen molar-refractivity contribution in [3.8, 4) is 11.8 Å². The Balaban J connectivity index is 2.08. The lowest BCUT2D eigenvalue weighted by molar-refractivity contribution is 0.0922. The number of ether oxygens (including phenoxy) is 1. The number of amides is 1. The minimum Gasteiger partial charge on any atom is -0.484 e. The Bertz CT molecular complexity index is 676. The van der Waals surface area contributed by atoms with Crippen molar-refractivity contribution >= 4 is 21.8 Å². The monoisotopic (exact) mass is 335 g/mol. The Morgan fingerprint density at radius 1 is 1.45 bits per heavy atom. The molecule has 0 fully saturated rings. The van der Waals surface area contributed by atoms with Crippen molar-refractivity contribution in [1.29, 1.82) is 5.26 Å². The van der Waals surface area contributed by atoms with Gasteiger partial charge in [0.1, 0.15) is 24.2 Å². The van der Waals surface area contributed by atoms with Gasteiger partial charge in [0.05, 0.1) is 5.56 Å². The second kappa shape index (κ2) is 6.23. The first-order valence-corrected chi connectivity index (χ1v) is 6.35. The molecule has 0 spiro atoms. The van der Waals surface area contributed by atoms with Gasteiger partial charge in [-0.2, -0.15) is 5.26 Å². The number of nitrogens with one attached hydrogen (secondary N) is 1. The predicted octanol–water partition coefficient (Wildman–Crippen LogP) is 2.10. The zero-order valence-electron chi connectivity index (χ0n) is 10.2. The predicted molar refractivity (Wildman–Crippen MR) is 73.6 cm³/mol. The summed E-state index contributed by atoms with van der Waals surface area (Å²) >= 11 is 3.28. The average Bonchev–Trinajstić information content (AvgIpc) is 2.93. The van der Waals surface area contributed by atoms with E-state index in [4.69, 9.17) is 20.3 Å². The molecule has 0 saturated heterocycles. The van der Waals surface area contributed by atoms with E-state index < -0.39 is 5.91 Å². The van der Waals surface area contributed by atoms with E-state index in [9.17, 15) is 4.79 Å². The molecule has 0 atom stereocenters. The Hall–Kier alpha value is -2.30. The van der Waals surface area contributed by atoms with E-state index in [0.717, 1.165) is 4.47 Å². The fourth-order valence-electron chi connectivity index (χ4n) is 1.51. The van der Waals surface area contributed by atoms with Crippen molar-refractivity contribution in [3.05, 3.63) is 51.9 Å². The molecule has 0 aliphatic heterocycles. The number of hydrogen-bond donors (Lipinski definition) is 2. The summed E-state index contributed by atoms with van der Waals surface area (Å²) in [5.74, 6) is 5.48. The number of benzene rings is 1. The van der Waals surface area contributed by atoms with E-state index in [1.54, 1.807) is 24.3 Å². The van der Waals surface area contributed by atoms with Gasteiger partial charge < -0.3 is 9.15 Å². The second-order valence-corrected chi connectivity index (χ2v) is 4.70. The molecule has 0 unspecified atom stereocenters. The molecule has 7 heteroatoms. The molecular weight excluding hydrogens is 326 g/mol. The smallest absolute Gasteiger partial charge is 0.300 e. The quantitative estimate of drug-likeness (QED) is 0.506. The number of furan rings is 1. The molecule has 20 heavy (non-hydrogen) atoms. The van der Waals surface area contributed by atoms with E-state index in [2.05, 4.69) is 15.9 Å². The third-order valence-corrected chi connectivity index (χ3v) is 2.94. The van der Waals surface area contributed by atoms with Crippen LogP contribution in [0, 0.1) is 11.3 Å². The maximum atomic E-state index is 11.2. The number of carbonyl (C=O) groups excluding carboxylic acids is 1. The number of nitrogens with two attached hydrogens (primary N) is 1. The third kappa shape index (κ3) is 3.17. The Labute approximate surface area is 123 Å². The summed E-state index contributed by atoms with van der Waals surface area (Å²) < 4.78 is 11.5. The highest BCUT2D eigenvalue weighted by Gasteiger charge is 2.11. The number of hydrazine groups is 1. The summed E-state index contributed by atoms with van der Waals surface area (Å²) in [5.41, 5.74) is 2.38. The van der Waals surface area contributed by atoms with Crippen LogP contribution in [0.1, 0.15) is 21.9 Å². The van der Waals surface area contributed by atoms with Crippen molar-refractivity contribution in [2.24, 2.45) is 5.84 Å². The lowest BCUT2D eigenvalue weighted by atomic mass is 10.2. The molecule has 6 nitrogen and oxygen atoms in total. The molecule has 1 amide bonds. The van der Waals surface area contributed by atoms with Crippen molar-refractivity contribution < 1.29 is 13.9 Å². The van der Waals surface area contributed by atoms with Gasteiger partial charge in [0.25, 0.3) is 0 Å². The fourth-order valence-corrected chi connectivity index (χ4v) is 1.87. The zero-order valence-corrected chi connectivity index (χ0v) is 11.8. The highest BCUT2D eigenvalue weighted by molar-refractivity contribution is 9.10. The summed E-state index contributed by atoms with van der Waals surface area (Å²) in [6.07, 6.45) is 0. The van der Waals surface area contributed by atoms with Gasteiger partial charge in [-0.1, -0.05) is 15.9 Å². The van der Waals surface area contributed by atoms with E-state index in [1.807, 2.05) is 11.5 Å². The highest BCUT2D eigenvalue weighted by atomic mass is 79.9. The van der Waals surface area contributed by atoms with Crippen LogP contribution in [-0.2, 0) is 6.61 Å². The van der Waals surface area contributed by atoms with E-state index in [-0.39, 0.29) is 12.4 Å². The summed E-state index contributed by atoms with van der Waals surface area (Å²) in [7, 11) is 0. The van der Waals surface area contributed by atoms with Crippen LogP contribution in [0.2, 0.25) is 0 Å². The van der Waals surface area contributed by atoms with Gasteiger partial charge in [-0.15, -0.1) is 0 Å². The van der Waals surface area contributed by atoms with Crippen molar-refractivity contribution in [3.63, 3.8) is 0 Å². The molecule has 0 saturated carbocycles. The van der Waals surface area contributed by atoms with Crippen LogP contribution in [0.5, 0.6) is 5.75 Å². The van der Waals surface area contributed by atoms with Gasteiger partial charge in [-0.05, 0) is 30.3 Å². The fraction of sp³-hybridized carbons (Fsp3) is 0.0769. The van der Waals surface area contributed by atoms with Crippen LogP contribution in [-0.4, -0.2) is 5.91 Å². The number of nitrogen functional groups attached to an aromatic ring is 1. The van der Waals surface area contributed by atoms with E-state index in [0.29, 0.717) is 17.1 Å². The zero-order chi connectivity index (χ0) is 14.5. The second-order valence-electron chi connectivity index (χ2n) is 3.78. The summed E-state index contributed by atoms with van der Waals surface area (Å²) in [5, 5.41) is 9.01. The molecule has 2 rings (SSSR count). The first-order valence-electron chi connectivity index (χ1n) is 5.56. The molecule has 1 aromatic carbocycles. The minimum absolute atomic E-state index is 0.0995. The molecule has 0 aliphatic carbocycles. The van der Waals surface area contributed by atoms with Crippen LogP contribution < -0.4 is 16.0 Å². The van der Waals surface area contributed by atoms with Crippen LogP contribution in [0.15, 0.2) is 39.2 Å². The summed E-state index contributed by atoms with van der Waals surface area (Å²) in [6.45, 7) is 0.105. The van der Waals surface area contributed by atoms with Crippen molar-refractivity contribution in [2.75, 3.05) is 0 Å². The molecule has 3 N–H and O–H groups in total. The molecule has 1 aromatic heterocycles. The van der Waals surface area contributed by atoms with E-state index in [1.165, 1.54) is 6.07 Å². The van der Waals surface area contributed by atoms with Crippen LogP contribution in [0.4, 0.5) is 0 Å². The number of carbonyl (C=O) groups is 1. The molecule has 0 aliphatic rings. The van der Waals surface area contributed by atoms with Crippen LogP contribution >= 0.6 is 15.9 Å². The topological polar surface area (TPSA) is 101 Å². The lowest BCUT2D eigenvalue weighted by Gasteiger charge is -2.06. The lowest BCUT2D eigenvalue weighted by Crippen LogP contribution is -2.29. The van der Waals surface area contributed by atoms with Gasteiger partial charge in [-0.3, -0.25) is 10.2 Å². The maximum Gasteiger partial charge on any atom is 0.300 e. The van der Waals surface area contributed by atoms with Gasteiger partial charge in [0.2, 0.25) is 0 Å². The largest absolute Gasteiger partial charge is 0.484 e. The SMILES string of the molecule is N#Cc1cc(Br)ccc1OCc1ccc(C(=O)NN)o1. The number of hydrogen-bond acceptors (Lipinski definition) is 5. The average molecular weight is 336 g/mol. The van der Waals surface area contributed by atoms with Crippen molar-refractivity contribution in [1.82, 2.24) is 5.43 Å². The van der Waals surface area contributed by atoms with Gasteiger partial charge in [0, 0.05) is 4.47 Å². The van der Waals surface area contributed by atoms with Gasteiger partial charge >= 0.3 is 5.91 Å². The van der Waals surface area contributed by atoms with E-state index >= 15 is 0 Å². The summed E-state index contributed by atoms with van der Waals surface area (Å²) in [6, 6.07) is 10.2. The first kappa shape index (κ1) is 14.1. The van der Waals surface area contributed by atoms with Crippen molar-refractivity contribution in [2.45, 2.75) is 6.61 Å². The molecular formula is C13H10BrN3O3. The van der Waals surface area contributed by atoms with Gasteiger partial charge in [0.15, 0.2) is 5.76 Å². The number of rotatable bonds is 4. The standard InChI is InChI=1S/C13H10BrN3O3/c14-9-1-3-11(8(5-9)6-15)19-7-10-2-4-12(20-10)13(18)17-16/h1-5H,7,16H2,(H,17,18). The third-order valence-electron chi connectivity index (χ3n) is 2.45. The van der Waals surface area contributed by atoms with Crippen LogP contribution in [0.3, 0.4) is 0 Å². The molecule has 0 radical (unpaired) electrons. The maximum absolute atomic E-state index is 11.2.